The molecule has 0 bridgehead atoms. The lowest BCUT2D eigenvalue weighted by molar-refractivity contribution is -0.118. The molecule has 2 N–H and O–H groups in total. The summed E-state index contributed by atoms with van der Waals surface area (Å²) in [7, 11) is 0. The third-order valence-corrected chi connectivity index (χ3v) is 5.87. The standard InChI is InChI=1S/C26H23N5O3/c1-17-6-12-21(13-7-17)31-23(32)16-27-24(29-31)25(33)28-20-10-8-19(9-11-20)26(34)30-15-14-18-4-2-3-5-22(18)30/h2-13H,14-16H2,1H3,(H,27,29)(H,28,33). The van der Waals surface area contributed by atoms with Crippen molar-refractivity contribution in [2.45, 2.75) is 13.3 Å². The number of rotatable bonds is 4. The predicted octanol–water partition coefficient (Wildman–Crippen LogP) is 3.09. The number of amidine groups is 1. The van der Waals surface area contributed by atoms with Gasteiger partial charge in [0.15, 0.2) is 0 Å². The minimum absolute atomic E-state index is 0.0361. The molecule has 0 saturated heterocycles. The molecule has 8 nitrogen and oxygen atoms in total. The molecule has 0 atom stereocenters. The van der Waals surface area contributed by atoms with E-state index in [-0.39, 0.29) is 24.2 Å². The number of aliphatic imine (C=N–C) groups is 1. The zero-order valence-corrected chi connectivity index (χ0v) is 18.6. The molecule has 3 aromatic rings. The van der Waals surface area contributed by atoms with Crippen molar-refractivity contribution in [3.63, 3.8) is 0 Å². The fourth-order valence-electron chi connectivity index (χ4n) is 4.04. The average Bonchev–Trinajstić information content (AvgIpc) is 3.29. The van der Waals surface area contributed by atoms with Crippen LogP contribution in [-0.2, 0) is 16.0 Å². The number of nitrogens with zero attached hydrogens (tertiary/aromatic N) is 3. The van der Waals surface area contributed by atoms with Crippen molar-refractivity contribution in [3.05, 3.63) is 89.5 Å². The number of hydrogen-bond donors (Lipinski definition) is 2. The molecule has 3 amide bonds. The number of anilines is 3. The first-order valence-electron chi connectivity index (χ1n) is 11.0. The Morgan fingerprint density at radius 3 is 2.47 bits per heavy atom. The van der Waals surface area contributed by atoms with Gasteiger partial charge in [-0.25, -0.2) is 5.01 Å². The molecule has 0 unspecified atom stereocenters. The minimum atomic E-state index is -0.475. The highest BCUT2D eigenvalue weighted by molar-refractivity contribution is 6.43. The van der Waals surface area contributed by atoms with E-state index in [0.717, 1.165) is 17.7 Å². The second kappa shape index (κ2) is 8.82. The highest BCUT2D eigenvalue weighted by Crippen LogP contribution is 2.29. The lowest BCUT2D eigenvalue weighted by Crippen LogP contribution is -2.54. The first kappa shape index (κ1) is 21.4. The summed E-state index contributed by atoms with van der Waals surface area (Å²) >= 11 is 0. The molecule has 3 aromatic carbocycles. The Morgan fingerprint density at radius 2 is 1.71 bits per heavy atom. The quantitative estimate of drug-likeness (QED) is 0.635. The number of fused-ring (bicyclic) bond motifs is 1. The largest absolute Gasteiger partial charge is 0.319 e. The van der Waals surface area contributed by atoms with E-state index in [1.165, 1.54) is 10.6 Å². The molecule has 0 fully saturated rings. The summed E-state index contributed by atoms with van der Waals surface area (Å²) in [5.41, 5.74) is 7.66. The summed E-state index contributed by atoms with van der Waals surface area (Å²) in [6.45, 7) is 2.48. The average molecular weight is 454 g/mol. The fourth-order valence-corrected chi connectivity index (χ4v) is 4.04. The van der Waals surface area contributed by atoms with Crippen molar-refractivity contribution in [1.29, 1.82) is 0 Å². The molecule has 0 aromatic heterocycles. The Morgan fingerprint density at radius 1 is 0.971 bits per heavy atom. The highest BCUT2D eigenvalue weighted by atomic mass is 16.2. The van der Waals surface area contributed by atoms with Gasteiger partial charge in [-0.3, -0.25) is 24.8 Å². The van der Waals surface area contributed by atoms with Crippen LogP contribution in [0.5, 0.6) is 0 Å². The molecular formula is C26H23N5O3. The van der Waals surface area contributed by atoms with E-state index < -0.39 is 5.91 Å². The van der Waals surface area contributed by atoms with Crippen LogP contribution in [0.3, 0.4) is 0 Å². The number of benzene rings is 3. The van der Waals surface area contributed by atoms with Crippen molar-refractivity contribution in [1.82, 2.24) is 5.43 Å². The van der Waals surface area contributed by atoms with Crippen LogP contribution in [0.25, 0.3) is 0 Å². The predicted molar refractivity (Wildman–Crippen MR) is 131 cm³/mol. The Balaban J connectivity index is 1.25. The molecule has 0 saturated carbocycles. The van der Waals surface area contributed by atoms with Crippen molar-refractivity contribution in [2.75, 3.05) is 28.3 Å². The van der Waals surface area contributed by atoms with Gasteiger partial charge in [0.25, 0.3) is 17.7 Å². The van der Waals surface area contributed by atoms with Gasteiger partial charge in [-0.15, -0.1) is 0 Å². The second-order valence-corrected chi connectivity index (χ2v) is 8.21. The zero-order chi connectivity index (χ0) is 23.7. The monoisotopic (exact) mass is 453 g/mol. The Bertz CT molecular complexity index is 1300. The van der Waals surface area contributed by atoms with Gasteiger partial charge in [0.2, 0.25) is 5.84 Å². The molecule has 0 spiro atoms. The van der Waals surface area contributed by atoms with Gasteiger partial charge in [-0.05, 0) is 61.4 Å². The second-order valence-electron chi connectivity index (χ2n) is 8.21. The Labute approximate surface area is 196 Å². The van der Waals surface area contributed by atoms with Gasteiger partial charge in [-0.1, -0.05) is 35.9 Å². The van der Waals surface area contributed by atoms with Gasteiger partial charge in [0, 0.05) is 23.5 Å². The summed E-state index contributed by atoms with van der Waals surface area (Å²) in [4.78, 5) is 43.9. The van der Waals surface area contributed by atoms with Gasteiger partial charge in [-0.2, -0.15) is 0 Å². The summed E-state index contributed by atoms with van der Waals surface area (Å²) < 4.78 is 0. The maximum Gasteiger partial charge on any atom is 0.292 e. The molecule has 8 heteroatoms. The molecule has 5 rings (SSSR count). The van der Waals surface area contributed by atoms with Gasteiger partial charge in [0.1, 0.15) is 6.54 Å². The van der Waals surface area contributed by atoms with E-state index in [2.05, 4.69) is 15.7 Å². The van der Waals surface area contributed by atoms with E-state index >= 15 is 0 Å². The molecular weight excluding hydrogens is 430 g/mol. The van der Waals surface area contributed by atoms with Crippen molar-refractivity contribution >= 4 is 40.6 Å². The number of hydrazine groups is 1. The number of carbonyl (C=O) groups excluding carboxylic acids is 3. The van der Waals surface area contributed by atoms with Crippen LogP contribution in [0.15, 0.2) is 77.8 Å². The summed E-state index contributed by atoms with van der Waals surface area (Å²) in [6, 6.07) is 22.0. The number of amides is 3. The van der Waals surface area contributed by atoms with Gasteiger partial charge < -0.3 is 10.2 Å². The maximum atomic E-state index is 13.0. The maximum absolute atomic E-state index is 13.0. The zero-order valence-electron chi connectivity index (χ0n) is 18.6. The third-order valence-electron chi connectivity index (χ3n) is 5.87. The first-order chi connectivity index (χ1) is 16.5. The van der Waals surface area contributed by atoms with E-state index in [1.807, 2.05) is 43.3 Å². The smallest absolute Gasteiger partial charge is 0.292 e. The highest BCUT2D eigenvalue weighted by Gasteiger charge is 2.27. The molecule has 0 aliphatic carbocycles. The lowest BCUT2D eigenvalue weighted by atomic mass is 10.1. The lowest BCUT2D eigenvalue weighted by Gasteiger charge is -2.27. The molecule has 2 aliphatic heterocycles. The molecule has 170 valence electrons. The summed E-state index contributed by atoms with van der Waals surface area (Å²) in [5.74, 6) is -0.772. The molecule has 2 aliphatic rings. The summed E-state index contributed by atoms with van der Waals surface area (Å²) in [5, 5.41) is 4.08. The van der Waals surface area contributed by atoms with Crippen molar-refractivity contribution in [2.24, 2.45) is 4.99 Å². The van der Waals surface area contributed by atoms with Gasteiger partial charge >= 0.3 is 0 Å². The number of nitrogens with one attached hydrogen (secondary N) is 2. The Kier molecular flexibility index (Phi) is 5.55. The van der Waals surface area contributed by atoms with Crippen LogP contribution in [0, 0.1) is 6.92 Å². The van der Waals surface area contributed by atoms with E-state index in [4.69, 9.17) is 0 Å². The normalized spacial score (nSPS) is 14.9. The minimum Gasteiger partial charge on any atom is -0.319 e. The SMILES string of the molecule is Cc1ccc(N2NC(C(=O)Nc3ccc(C(=O)N4CCc5ccccc54)cc3)=NCC2=O)cc1. The number of hydrogen-bond acceptors (Lipinski definition) is 5. The van der Waals surface area contributed by atoms with Crippen LogP contribution in [0.2, 0.25) is 0 Å². The third kappa shape index (κ3) is 4.13. The van der Waals surface area contributed by atoms with E-state index in [1.54, 1.807) is 41.3 Å². The van der Waals surface area contributed by atoms with Crippen LogP contribution in [-0.4, -0.2) is 36.6 Å². The topological polar surface area (TPSA) is 94.1 Å². The van der Waals surface area contributed by atoms with E-state index in [0.29, 0.717) is 23.5 Å². The van der Waals surface area contributed by atoms with Crippen LogP contribution in [0.1, 0.15) is 21.5 Å². The van der Waals surface area contributed by atoms with Crippen LogP contribution in [0.4, 0.5) is 17.1 Å². The molecule has 2 heterocycles. The van der Waals surface area contributed by atoms with Crippen molar-refractivity contribution < 1.29 is 14.4 Å². The van der Waals surface area contributed by atoms with Gasteiger partial charge in [0.05, 0.1) is 5.69 Å². The Hall–Kier alpha value is -4.46. The van der Waals surface area contributed by atoms with E-state index in [9.17, 15) is 14.4 Å². The first-order valence-corrected chi connectivity index (χ1v) is 11.0. The molecule has 34 heavy (non-hydrogen) atoms. The number of para-hydroxylation sites is 1. The molecule has 0 radical (unpaired) electrons. The van der Waals surface area contributed by atoms with Crippen LogP contribution < -0.4 is 20.7 Å². The fraction of sp³-hybridized carbons (Fsp3) is 0.154. The number of carbonyl (C=O) groups is 3. The van der Waals surface area contributed by atoms with Crippen LogP contribution >= 0.6 is 0 Å². The van der Waals surface area contributed by atoms with Crippen molar-refractivity contribution in [3.8, 4) is 0 Å². The summed E-state index contributed by atoms with van der Waals surface area (Å²) in [6.07, 6.45) is 0.841. The number of aryl methyl sites for hydroxylation is 1.